The highest BCUT2D eigenvalue weighted by molar-refractivity contribution is 7.90. The van der Waals surface area contributed by atoms with Crippen LogP contribution in [0, 0.1) is 11.8 Å². The number of aromatic nitrogens is 2. The van der Waals surface area contributed by atoms with Crippen molar-refractivity contribution in [2.75, 3.05) is 37.7 Å². The van der Waals surface area contributed by atoms with Gasteiger partial charge >= 0.3 is 16.2 Å². The van der Waals surface area contributed by atoms with E-state index in [4.69, 9.17) is 14.8 Å². The van der Waals surface area contributed by atoms with Gasteiger partial charge in [-0.1, -0.05) is 20.8 Å². The number of benzene rings is 1. The van der Waals surface area contributed by atoms with Crippen molar-refractivity contribution in [3.8, 4) is 0 Å². The lowest BCUT2D eigenvalue weighted by molar-refractivity contribution is -0.145. The first-order valence-electron chi connectivity index (χ1n) is 11.0. The molecule has 0 aliphatic carbocycles. The summed E-state index contributed by atoms with van der Waals surface area (Å²) in [6.45, 7) is 8.84. The van der Waals surface area contributed by atoms with Crippen molar-refractivity contribution in [1.29, 1.82) is 0 Å². The maximum absolute atomic E-state index is 12.9. The van der Waals surface area contributed by atoms with Crippen molar-refractivity contribution in [3.63, 3.8) is 0 Å². The summed E-state index contributed by atoms with van der Waals surface area (Å²) in [5.74, 6) is -0.103. The van der Waals surface area contributed by atoms with E-state index >= 15 is 0 Å². The van der Waals surface area contributed by atoms with Gasteiger partial charge in [-0.05, 0) is 37.0 Å². The number of ether oxygens (including phenoxy) is 1. The molecule has 2 aliphatic heterocycles. The van der Waals surface area contributed by atoms with Gasteiger partial charge in [0.25, 0.3) is 0 Å². The van der Waals surface area contributed by atoms with Gasteiger partial charge in [0.15, 0.2) is 0 Å². The minimum atomic E-state index is -3.79. The van der Waals surface area contributed by atoms with Crippen LogP contribution in [0.15, 0.2) is 18.2 Å². The largest absolute Gasteiger partial charge is 0.481 e. The lowest BCUT2D eigenvalue weighted by Gasteiger charge is -2.38. The highest BCUT2D eigenvalue weighted by Crippen LogP contribution is 2.32. The number of carboxylic acids is 1. The monoisotopic (exact) mass is 464 g/mol. The molecule has 0 amide bonds. The van der Waals surface area contributed by atoms with Crippen LogP contribution in [0.4, 0.5) is 5.69 Å². The summed E-state index contributed by atoms with van der Waals surface area (Å²) in [7, 11) is -2.30. The summed E-state index contributed by atoms with van der Waals surface area (Å²) in [6.07, 6.45) is 2.05. The quantitative estimate of drug-likeness (QED) is 0.704. The van der Waals surface area contributed by atoms with E-state index < -0.39 is 22.1 Å². The molecule has 0 bridgehead atoms. The first-order chi connectivity index (χ1) is 15.0. The molecule has 1 aromatic heterocycles. The summed E-state index contributed by atoms with van der Waals surface area (Å²) in [5, 5.41) is 9.05. The van der Waals surface area contributed by atoms with E-state index in [-0.39, 0.29) is 18.5 Å². The van der Waals surface area contributed by atoms with E-state index in [0.29, 0.717) is 11.6 Å². The Bertz CT molecular complexity index is 1110. The van der Waals surface area contributed by atoms with Crippen molar-refractivity contribution >= 4 is 32.9 Å². The first kappa shape index (κ1) is 23.0. The predicted octanol–water partition coefficient (Wildman–Crippen LogP) is 2.46. The van der Waals surface area contributed by atoms with Crippen LogP contribution in [-0.2, 0) is 31.7 Å². The number of carbonyl (C=O) groups is 1. The normalized spacial score (nSPS) is 19.2. The molecule has 4 rings (SSSR count). The Balaban J connectivity index is 1.64. The van der Waals surface area contributed by atoms with E-state index in [1.165, 1.54) is 15.7 Å². The number of hydrogen-bond acceptors (Lipinski definition) is 5. The smallest absolute Gasteiger partial charge is 0.309 e. The molecule has 0 spiro atoms. The molecule has 10 heteroatoms. The molecule has 9 nitrogen and oxygen atoms in total. The molecule has 0 saturated carbocycles. The Hall–Kier alpha value is -2.17. The lowest BCUT2D eigenvalue weighted by Crippen LogP contribution is -2.56. The van der Waals surface area contributed by atoms with Crippen molar-refractivity contribution in [3.05, 3.63) is 24.0 Å². The average Bonchev–Trinajstić information content (AvgIpc) is 3.04. The third kappa shape index (κ3) is 4.23. The second-order valence-corrected chi connectivity index (χ2v) is 11.8. The molecule has 0 atom stereocenters. The number of carboxylic acid groups (broad SMARTS) is 1. The SMILES string of the molecule is CN(c1ccc2c(c1)nc(C(C)(C)C)n2CC1CCOCC1)S(=O)(=O)N1CC(C(=O)O)C1. The van der Waals surface area contributed by atoms with Crippen molar-refractivity contribution in [1.82, 2.24) is 13.9 Å². The van der Waals surface area contributed by atoms with Crippen molar-refractivity contribution in [2.45, 2.75) is 45.6 Å². The summed E-state index contributed by atoms with van der Waals surface area (Å²) in [6, 6.07) is 5.54. The molecule has 32 heavy (non-hydrogen) atoms. The van der Waals surface area contributed by atoms with Gasteiger partial charge in [-0.25, -0.2) is 4.98 Å². The summed E-state index contributed by atoms with van der Waals surface area (Å²) < 4.78 is 36.0. The molecule has 3 heterocycles. The average molecular weight is 465 g/mol. The molecule has 2 saturated heterocycles. The van der Waals surface area contributed by atoms with E-state index in [0.717, 1.165) is 49.5 Å². The molecule has 1 N–H and O–H groups in total. The zero-order valence-corrected chi connectivity index (χ0v) is 19.9. The Labute approximate surface area is 189 Å². The molecular formula is C22H32N4O5S. The summed E-state index contributed by atoms with van der Waals surface area (Å²) in [5.41, 5.74) is 2.10. The zero-order valence-electron chi connectivity index (χ0n) is 19.1. The summed E-state index contributed by atoms with van der Waals surface area (Å²) >= 11 is 0. The fourth-order valence-electron chi connectivity index (χ4n) is 4.35. The molecule has 2 aliphatic rings. The number of fused-ring (bicyclic) bond motifs is 1. The minimum Gasteiger partial charge on any atom is -0.481 e. The van der Waals surface area contributed by atoms with Crippen LogP contribution < -0.4 is 4.31 Å². The minimum absolute atomic E-state index is 0.00183. The third-order valence-corrected chi connectivity index (χ3v) is 8.27. The van der Waals surface area contributed by atoms with Crippen LogP contribution in [0.5, 0.6) is 0 Å². The van der Waals surface area contributed by atoms with E-state index in [1.54, 1.807) is 12.1 Å². The maximum atomic E-state index is 12.9. The van der Waals surface area contributed by atoms with Crippen LogP contribution in [0.2, 0.25) is 0 Å². The van der Waals surface area contributed by atoms with Gasteiger partial charge in [0.2, 0.25) is 0 Å². The van der Waals surface area contributed by atoms with Crippen LogP contribution >= 0.6 is 0 Å². The van der Waals surface area contributed by atoms with Gasteiger partial charge < -0.3 is 14.4 Å². The first-order valence-corrected chi connectivity index (χ1v) is 12.4. The Morgan fingerprint density at radius 2 is 1.91 bits per heavy atom. The molecule has 2 fully saturated rings. The summed E-state index contributed by atoms with van der Waals surface area (Å²) in [4.78, 5) is 16.0. The van der Waals surface area contributed by atoms with Gasteiger partial charge in [-0.15, -0.1) is 0 Å². The second kappa shape index (κ2) is 8.31. The van der Waals surface area contributed by atoms with Crippen molar-refractivity contribution in [2.24, 2.45) is 11.8 Å². The van der Waals surface area contributed by atoms with E-state index in [9.17, 15) is 13.2 Å². The third-order valence-electron chi connectivity index (χ3n) is 6.42. The van der Waals surface area contributed by atoms with Gasteiger partial charge in [0.1, 0.15) is 5.82 Å². The fraction of sp³-hybridized carbons (Fsp3) is 0.636. The van der Waals surface area contributed by atoms with Gasteiger partial charge in [-0.2, -0.15) is 12.7 Å². The van der Waals surface area contributed by atoms with Crippen molar-refractivity contribution < 1.29 is 23.1 Å². The Kier molecular flexibility index (Phi) is 5.98. The standard InChI is InChI=1S/C22H32N4O5S/c1-22(2,3)21-23-18-11-17(24(4)32(29,30)25-13-16(14-25)20(27)28)5-6-19(18)26(21)12-15-7-9-31-10-8-15/h5-6,11,15-16H,7-10,12-14H2,1-4H3,(H,27,28). The van der Waals surface area contributed by atoms with E-state index in [2.05, 4.69) is 25.3 Å². The highest BCUT2D eigenvalue weighted by Gasteiger charge is 2.42. The molecule has 2 aromatic rings. The highest BCUT2D eigenvalue weighted by atomic mass is 32.2. The zero-order chi connectivity index (χ0) is 23.3. The maximum Gasteiger partial charge on any atom is 0.309 e. The van der Waals surface area contributed by atoms with Gasteiger partial charge in [0, 0.05) is 45.3 Å². The molecule has 1 aromatic carbocycles. The Morgan fingerprint density at radius 1 is 1.25 bits per heavy atom. The van der Waals surface area contributed by atoms with E-state index in [1.807, 2.05) is 6.07 Å². The number of hydrogen-bond donors (Lipinski definition) is 1. The Morgan fingerprint density at radius 3 is 2.50 bits per heavy atom. The number of nitrogens with zero attached hydrogens (tertiary/aromatic N) is 4. The topological polar surface area (TPSA) is 105 Å². The second-order valence-electron chi connectivity index (χ2n) is 9.85. The molecule has 0 unspecified atom stereocenters. The molecular weight excluding hydrogens is 432 g/mol. The number of anilines is 1. The van der Waals surface area contributed by atoms with Gasteiger partial charge in [-0.3, -0.25) is 9.10 Å². The van der Waals surface area contributed by atoms with Gasteiger partial charge in [0.05, 0.1) is 22.6 Å². The number of rotatable bonds is 6. The predicted molar refractivity (Wildman–Crippen MR) is 122 cm³/mol. The molecule has 176 valence electrons. The van der Waals surface area contributed by atoms with Crippen LogP contribution in [-0.4, -0.2) is 66.7 Å². The lowest BCUT2D eigenvalue weighted by atomic mass is 9.94. The van der Waals surface area contributed by atoms with Crippen LogP contribution in [0.25, 0.3) is 11.0 Å². The van der Waals surface area contributed by atoms with Crippen LogP contribution in [0.1, 0.15) is 39.4 Å². The van der Waals surface area contributed by atoms with Crippen LogP contribution in [0.3, 0.4) is 0 Å². The molecule has 0 radical (unpaired) electrons. The number of imidazole rings is 1. The number of aliphatic carboxylic acids is 1. The fourth-order valence-corrected chi connectivity index (χ4v) is 5.81.